The van der Waals surface area contributed by atoms with Crippen LogP contribution in [0.15, 0.2) is 106 Å². The fourth-order valence-electron chi connectivity index (χ4n) is 6.79. The van der Waals surface area contributed by atoms with Crippen LogP contribution in [-0.4, -0.2) is 38.6 Å². The van der Waals surface area contributed by atoms with E-state index in [4.69, 9.17) is 72.9 Å². The lowest BCUT2D eigenvalue weighted by molar-refractivity contribution is -0.144. The average Bonchev–Trinajstić information content (AvgIpc) is 3.88. The number of hydrogen-bond acceptors (Lipinski definition) is 10. The third kappa shape index (κ3) is 11.3. The van der Waals surface area contributed by atoms with Gasteiger partial charge in [0.05, 0.1) is 36.2 Å². The van der Waals surface area contributed by atoms with Crippen LogP contribution < -0.4 is 18.9 Å². The van der Waals surface area contributed by atoms with Gasteiger partial charge < -0.3 is 33.1 Å². The summed E-state index contributed by atoms with van der Waals surface area (Å²) in [5, 5.41) is 20.6. The lowest BCUT2D eigenvalue weighted by Gasteiger charge is -2.14. The summed E-state index contributed by atoms with van der Waals surface area (Å²) in [7, 11) is 0. The molecule has 0 aliphatic carbocycles. The van der Waals surface area contributed by atoms with E-state index in [2.05, 4.69) is 46.8 Å². The third-order valence-corrected chi connectivity index (χ3v) is 11.6. The third-order valence-electron chi connectivity index (χ3n) is 9.77. The Morgan fingerprint density at radius 2 is 1.37 bits per heavy atom. The zero-order chi connectivity index (χ0) is 46.4. The lowest BCUT2D eigenvalue weighted by Crippen LogP contribution is -2.22. The van der Waals surface area contributed by atoms with Gasteiger partial charge in [-0.2, -0.15) is 0 Å². The average molecular weight is 1050 g/mol. The van der Waals surface area contributed by atoms with Crippen LogP contribution in [0.4, 0.5) is 4.39 Å². The smallest absolute Gasteiger partial charge is 0.344 e. The minimum Gasteiger partial charge on any atom is -0.488 e. The van der Waals surface area contributed by atoms with Crippen LogP contribution in [0, 0.1) is 9.39 Å². The van der Waals surface area contributed by atoms with Crippen molar-refractivity contribution in [1.29, 1.82) is 0 Å². The van der Waals surface area contributed by atoms with E-state index in [1.54, 1.807) is 48.5 Å². The van der Waals surface area contributed by atoms with Crippen molar-refractivity contribution in [2.24, 2.45) is 0 Å². The summed E-state index contributed by atoms with van der Waals surface area (Å²) >= 11 is 20.9. The molecule has 8 rings (SSSR count). The number of hydrogen-bond donors (Lipinski definition) is 1. The second kappa shape index (κ2) is 21.1. The van der Waals surface area contributed by atoms with E-state index in [0.717, 1.165) is 57.0 Å². The van der Waals surface area contributed by atoms with Gasteiger partial charge in [-0.05, 0) is 141 Å². The molecule has 3 aromatic heterocycles. The van der Waals surface area contributed by atoms with Gasteiger partial charge in [-0.25, -0.2) is 14.2 Å². The van der Waals surface area contributed by atoms with Gasteiger partial charge in [0, 0.05) is 34.3 Å². The van der Waals surface area contributed by atoms with E-state index in [-0.39, 0.29) is 22.7 Å². The second-order valence-corrected chi connectivity index (χ2v) is 17.4. The molecular weight excluding hydrogens is 1010 g/mol. The number of carbonyl (C=O) groups is 1. The Labute approximate surface area is 402 Å². The first-order valence-corrected chi connectivity index (χ1v) is 22.9. The van der Waals surface area contributed by atoms with E-state index in [1.807, 2.05) is 50.2 Å². The molecule has 0 fully saturated rings. The fourth-order valence-corrected chi connectivity index (χ4v) is 8.45. The Kier molecular flexibility index (Phi) is 15.4. The van der Waals surface area contributed by atoms with Crippen molar-refractivity contribution in [2.45, 2.75) is 72.5 Å². The van der Waals surface area contributed by atoms with Gasteiger partial charge in [-0.3, -0.25) is 0 Å². The highest BCUT2D eigenvalue weighted by molar-refractivity contribution is 14.1. The molecule has 1 N–H and O–H groups in total. The quantitative estimate of drug-likeness (QED) is 0.0982. The van der Waals surface area contributed by atoms with E-state index in [0.29, 0.717) is 66.9 Å². The molecule has 0 aliphatic rings. The van der Waals surface area contributed by atoms with Crippen LogP contribution in [0.3, 0.4) is 0 Å². The van der Waals surface area contributed by atoms with E-state index >= 15 is 0 Å². The molecule has 0 aliphatic heterocycles. The van der Waals surface area contributed by atoms with Crippen molar-refractivity contribution >= 4 is 85.3 Å². The number of nitrogens with zero attached hydrogens (tertiary/aromatic N) is 3. The van der Waals surface area contributed by atoms with Crippen LogP contribution in [-0.2, 0) is 17.6 Å². The molecule has 11 nitrogen and oxygen atoms in total. The number of rotatable bonds is 15. The maximum atomic E-state index is 13.2. The summed E-state index contributed by atoms with van der Waals surface area (Å²) in [6.07, 6.45) is 2.26. The summed E-state index contributed by atoms with van der Waals surface area (Å²) < 4.78 is 48.4. The number of fused-ring (bicyclic) bond motifs is 2. The van der Waals surface area contributed by atoms with Crippen LogP contribution in [0.1, 0.15) is 58.7 Å². The minimum atomic E-state index is -1.10. The van der Waals surface area contributed by atoms with Gasteiger partial charge in [0.25, 0.3) is 0 Å². The Balaban J connectivity index is 0.000000194. The largest absolute Gasteiger partial charge is 0.488 e. The van der Waals surface area contributed by atoms with Crippen molar-refractivity contribution < 1.29 is 42.3 Å². The summed E-state index contributed by atoms with van der Waals surface area (Å²) in [6.45, 7) is 9.53. The molecule has 0 amide bonds. The van der Waals surface area contributed by atoms with Gasteiger partial charge >= 0.3 is 5.97 Å². The first kappa shape index (κ1) is 47.4. The highest BCUT2D eigenvalue weighted by Gasteiger charge is 2.24. The molecule has 16 heteroatoms. The molecule has 65 heavy (non-hydrogen) atoms. The number of aliphatic carboxylic acids is 1. The van der Waals surface area contributed by atoms with Crippen molar-refractivity contribution in [2.75, 3.05) is 0 Å². The van der Waals surface area contributed by atoms with Crippen molar-refractivity contribution in [3.8, 4) is 57.1 Å². The molecule has 0 saturated heterocycles. The predicted octanol–water partition coefficient (Wildman–Crippen LogP) is 15.2. The Morgan fingerprint density at radius 1 is 0.738 bits per heavy atom. The highest BCUT2D eigenvalue weighted by atomic mass is 127. The monoisotopic (exact) mass is 1050 g/mol. The van der Waals surface area contributed by atoms with E-state index < -0.39 is 12.1 Å². The standard InChI is InChI=1S/C25H21ClFNO5.C24H21Cl2IN2O3/c1-3-4-15-11-18(32-17-7-5-16(27)6-8-17)9-10-19(15)24-20-12-23(31-14(2)25(29)30)21(26)13-22(20)33-28-24;1-4-5-18-16(10-11-20(28-18)31-15-8-6-14(25)7-9-15)23-21-19(32-29-23)12-17(26)24(22(21)27)30-13(2)3/h5-14H,3-4H2,1-2H3,(H,29,30);6-13H,4-5H2,1-3H3/t14-;/m0./s1. The minimum absolute atomic E-state index is 0.0107. The number of carboxylic acid groups (broad SMARTS) is 1. The lowest BCUT2D eigenvalue weighted by atomic mass is 9.98. The number of halogens is 5. The van der Waals surface area contributed by atoms with E-state index in [1.165, 1.54) is 19.1 Å². The van der Waals surface area contributed by atoms with Crippen molar-refractivity contribution in [3.63, 3.8) is 0 Å². The fraction of sp³-hybridized carbons (Fsp3) is 0.224. The maximum Gasteiger partial charge on any atom is 0.344 e. The highest BCUT2D eigenvalue weighted by Crippen LogP contribution is 2.43. The normalized spacial score (nSPS) is 11.7. The molecular formula is C49H42Cl3FIN3O8. The number of pyridine rings is 1. The Morgan fingerprint density at radius 3 is 2.06 bits per heavy atom. The molecule has 1 atom stereocenters. The van der Waals surface area contributed by atoms with Crippen LogP contribution in [0.5, 0.6) is 34.6 Å². The molecule has 0 radical (unpaired) electrons. The molecule has 8 aromatic rings. The summed E-state index contributed by atoms with van der Waals surface area (Å²) in [5.41, 5.74) is 5.98. The van der Waals surface area contributed by atoms with E-state index in [9.17, 15) is 9.18 Å². The number of carboxylic acids is 1. The Hall–Kier alpha value is -5.61. The first-order valence-electron chi connectivity index (χ1n) is 20.7. The van der Waals surface area contributed by atoms with Gasteiger partial charge in [0.1, 0.15) is 40.2 Å². The first-order chi connectivity index (χ1) is 31.2. The van der Waals surface area contributed by atoms with Gasteiger partial charge in [-0.15, -0.1) is 0 Å². The van der Waals surface area contributed by atoms with Crippen LogP contribution >= 0.6 is 57.4 Å². The molecule has 0 spiro atoms. The number of ether oxygens (including phenoxy) is 4. The predicted molar refractivity (Wildman–Crippen MR) is 259 cm³/mol. The van der Waals surface area contributed by atoms with Crippen molar-refractivity contribution in [1.82, 2.24) is 15.3 Å². The van der Waals surface area contributed by atoms with Gasteiger partial charge in [0.2, 0.25) is 5.88 Å². The van der Waals surface area contributed by atoms with Crippen molar-refractivity contribution in [3.05, 3.63) is 133 Å². The van der Waals surface area contributed by atoms with Crippen LogP contribution in [0.25, 0.3) is 44.5 Å². The summed E-state index contributed by atoms with van der Waals surface area (Å²) in [5.74, 6) is 1.76. The number of benzene rings is 5. The molecule has 0 bridgehead atoms. The summed E-state index contributed by atoms with van der Waals surface area (Å²) in [4.78, 5) is 15.9. The number of aromatic nitrogens is 3. The molecule has 336 valence electrons. The topological polar surface area (TPSA) is 139 Å². The molecule has 0 unspecified atom stereocenters. The molecule has 0 saturated carbocycles. The molecule has 5 aromatic carbocycles. The second-order valence-electron chi connectivity index (χ2n) is 15.1. The van der Waals surface area contributed by atoms with Gasteiger partial charge in [-0.1, -0.05) is 71.8 Å². The zero-order valence-electron chi connectivity index (χ0n) is 35.8. The molecule has 3 heterocycles. The maximum absolute atomic E-state index is 13.2. The summed E-state index contributed by atoms with van der Waals surface area (Å²) in [6, 6.07) is 27.4. The SMILES string of the molecule is CCCc1cc(Oc2ccc(F)cc2)ccc1-c1noc2cc(Cl)c(O[C@@H](C)C(=O)O)cc12.CCCc1nc(Oc2ccc(Cl)cc2)ccc1-c1noc2cc(Cl)c(OC(C)C)c(I)c12. The van der Waals surface area contributed by atoms with Gasteiger partial charge in [0.15, 0.2) is 23.0 Å². The Bertz CT molecular complexity index is 2960. The van der Waals surface area contributed by atoms with Crippen LogP contribution in [0.2, 0.25) is 15.1 Å². The number of aryl methyl sites for hydroxylation is 2. The zero-order valence-corrected chi connectivity index (χ0v) is 40.2.